The standard InChI is InChI=1S/C13H19Cl2NO3S/c1-8(2)16(5-6-17)20(18,19)13-10(4)11(14)7-9(3)12(13)15/h7-8,17H,5-6H2,1-4H3. The van der Waals surface area contributed by atoms with Crippen molar-refractivity contribution in [2.24, 2.45) is 0 Å². The largest absolute Gasteiger partial charge is 0.395 e. The summed E-state index contributed by atoms with van der Waals surface area (Å²) in [6.07, 6.45) is 0. The van der Waals surface area contributed by atoms with Crippen LogP contribution in [-0.4, -0.2) is 37.0 Å². The average molecular weight is 340 g/mol. The van der Waals surface area contributed by atoms with Crippen molar-refractivity contribution < 1.29 is 13.5 Å². The molecule has 0 saturated carbocycles. The van der Waals surface area contributed by atoms with Gasteiger partial charge < -0.3 is 5.11 Å². The molecular formula is C13H19Cl2NO3S. The van der Waals surface area contributed by atoms with Crippen molar-refractivity contribution in [3.05, 3.63) is 27.2 Å². The summed E-state index contributed by atoms with van der Waals surface area (Å²) in [7, 11) is -3.81. The molecule has 0 aliphatic carbocycles. The predicted molar refractivity (Wildman–Crippen MR) is 82.0 cm³/mol. The second-order valence-corrected chi connectivity index (χ2v) is 7.49. The molecule has 4 nitrogen and oxygen atoms in total. The normalized spacial score (nSPS) is 12.4. The molecule has 0 fully saturated rings. The first kappa shape index (κ1) is 17.7. The molecule has 0 bridgehead atoms. The van der Waals surface area contributed by atoms with E-state index in [1.165, 1.54) is 4.31 Å². The Kier molecular flexibility index (Phi) is 5.87. The van der Waals surface area contributed by atoms with Gasteiger partial charge in [0.25, 0.3) is 0 Å². The fraction of sp³-hybridized carbons (Fsp3) is 0.538. The van der Waals surface area contributed by atoms with E-state index in [0.717, 1.165) is 0 Å². The second-order valence-electron chi connectivity index (χ2n) is 4.88. The van der Waals surface area contributed by atoms with E-state index in [2.05, 4.69) is 0 Å². The molecule has 0 aromatic heterocycles. The summed E-state index contributed by atoms with van der Waals surface area (Å²) < 4.78 is 26.8. The number of nitrogens with zero attached hydrogens (tertiary/aromatic N) is 1. The molecule has 20 heavy (non-hydrogen) atoms. The Morgan fingerprint density at radius 2 is 1.85 bits per heavy atom. The van der Waals surface area contributed by atoms with Crippen molar-refractivity contribution in [2.75, 3.05) is 13.2 Å². The van der Waals surface area contributed by atoms with Crippen LogP contribution >= 0.6 is 23.2 Å². The number of benzene rings is 1. The molecular weight excluding hydrogens is 321 g/mol. The minimum absolute atomic E-state index is 0.0152. The van der Waals surface area contributed by atoms with Gasteiger partial charge in [-0.15, -0.1) is 0 Å². The van der Waals surface area contributed by atoms with Crippen LogP contribution in [0.2, 0.25) is 10.0 Å². The molecule has 1 rings (SSSR count). The summed E-state index contributed by atoms with van der Waals surface area (Å²) in [4.78, 5) is 0.0197. The maximum atomic E-state index is 12.8. The van der Waals surface area contributed by atoms with Crippen LogP contribution in [-0.2, 0) is 10.0 Å². The molecule has 0 amide bonds. The van der Waals surface area contributed by atoms with Crippen LogP contribution in [0.3, 0.4) is 0 Å². The van der Waals surface area contributed by atoms with Crippen LogP contribution in [0.1, 0.15) is 25.0 Å². The lowest BCUT2D eigenvalue weighted by molar-refractivity contribution is 0.236. The van der Waals surface area contributed by atoms with E-state index in [1.54, 1.807) is 33.8 Å². The smallest absolute Gasteiger partial charge is 0.245 e. The topological polar surface area (TPSA) is 57.6 Å². The second kappa shape index (κ2) is 6.62. The molecule has 1 aromatic carbocycles. The summed E-state index contributed by atoms with van der Waals surface area (Å²) in [5, 5.41) is 9.61. The third kappa shape index (κ3) is 3.28. The van der Waals surface area contributed by atoms with Gasteiger partial charge >= 0.3 is 0 Å². The van der Waals surface area contributed by atoms with E-state index in [1.807, 2.05) is 0 Å². The third-order valence-corrected chi connectivity index (χ3v) is 6.29. The summed E-state index contributed by atoms with van der Waals surface area (Å²) >= 11 is 12.2. The number of aryl methyl sites for hydroxylation is 1. The maximum Gasteiger partial charge on any atom is 0.245 e. The van der Waals surface area contributed by atoms with Crippen LogP contribution in [0.4, 0.5) is 0 Å². The first-order valence-corrected chi connectivity index (χ1v) is 8.42. The Morgan fingerprint density at radius 1 is 1.30 bits per heavy atom. The highest BCUT2D eigenvalue weighted by atomic mass is 35.5. The highest BCUT2D eigenvalue weighted by Gasteiger charge is 2.31. The van der Waals surface area contributed by atoms with Crippen LogP contribution in [0.5, 0.6) is 0 Å². The number of rotatable bonds is 5. The van der Waals surface area contributed by atoms with Crippen molar-refractivity contribution in [1.82, 2.24) is 4.31 Å². The fourth-order valence-corrected chi connectivity index (χ4v) is 4.79. The molecule has 0 spiro atoms. The number of halogens is 2. The molecule has 7 heteroatoms. The van der Waals surface area contributed by atoms with Crippen LogP contribution < -0.4 is 0 Å². The maximum absolute atomic E-state index is 12.8. The van der Waals surface area contributed by atoms with Gasteiger partial charge in [0.1, 0.15) is 4.90 Å². The van der Waals surface area contributed by atoms with Gasteiger partial charge in [-0.3, -0.25) is 0 Å². The Balaban J connectivity index is 3.57. The molecule has 1 aromatic rings. The highest BCUT2D eigenvalue weighted by Crippen LogP contribution is 2.35. The predicted octanol–water partition coefficient (Wildman–Crippen LogP) is 3.00. The van der Waals surface area contributed by atoms with Crippen LogP contribution in [0, 0.1) is 13.8 Å². The minimum atomic E-state index is -3.81. The average Bonchev–Trinajstić information content (AvgIpc) is 2.32. The monoisotopic (exact) mass is 339 g/mol. The van der Waals surface area contributed by atoms with Gasteiger partial charge in [-0.05, 0) is 44.9 Å². The zero-order valence-electron chi connectivity index (χ0n) is 11.9. The SMILES string of the molecule is Cc1cc(Cl)c(C)c(S(=O)(=O)N(CCO)C(C)C)c1Cl. The summed E-state index contributed by atoms with van der Waals surface area (Å²) in [6.45, 7) is 6.58. The van der Waals surface area contributed by atoms with Gasteiger partial charge in [0.15, 0.2) is 0 Å². The van der Waals surface area contributed by atoms with Gasteiger partial charge in [0.2, 0.25) is 10.0 Å². The van der Waals surface area contributed by atoms with Crippen molar-refractivity contribution in [3.63, 3.8) is 0 Å². The lowest BCUT2D eigenvalue weighted by Gasteiger charge is -2.27. The van der Waals surface area contributed by atoms with Crippen molar-refractivity contribution in [2.45, 2.75) is 38.6 Å². The minimum Gasteiger partial charge on any atom is -0.395 e. The molecule has 0 unspecified atom stereocenters. The molecule has 1 N–H and O–H groups in total. The van der Waals surface area contributed by atoms with E-state index in [9.17, 15) is 8.42 Å². The van der Waals surface area contributed by atoms with Crippen molar-refractivity contribution in [1.29, 1.82) is 0 Å². The summed E-state index contributed by atoms with van der Waals surface area (Å²) in [6, 6.07) is 1.35. The summed E-state index contributed by atoms with van der Waals surface area (Å²) in [5.41, 5.74) is 1.03. The third-order valence-electron chi connectivity index (χ3n) is 3.05. The Hall–Kier alpha value is -0.330. The molecule has 0 radical (unpaired) electrons. The van der Waals surface area contributed by atoms with E-state index in [-0.39, 0.29) is 29.1 Å². The number of aliphatic hydroxyl groups excluding tert-OH is 1. The number of sulfonamides is 1. The molecule has 114 valence electrons. The van der Waals surface area contributed by atoms with Gasteiger partial charge in [-0.2, -0.15) is 4.31 Å². The molecule has 0 aliphatic rings. The molecule has 0 aliphatic heterocycles. The van der Waals surface area contributed by atoms with Crippen molar-refractivity contribution >= 4 is 33.2 Å². The summed E-state index contributed by atoms with van der Waals surface area (Å²) in [5.74, 6) is 0. The Morgan fingerprint density at radius 3 is 2.30 bits per heavy atom. The van der Waals surface area contributed by atoms with E-state index in [4.69, 9.17) is 28.3 Å². The molecule has 0 atom stereocenters. The molecule has 0 saturated heterocycles. The van der Waals surface area contributed by atoms with Crippen LogP contribution in [0.25, 0.3) is 0 Å². The zero-order chi connectivity index (χ0) is 15.7. The van der Waals surface area contributed by atoms with Gasteiger partial charge in [-0.1, -0.05) is 23.2 Å². The number of hydrogen-bond acceptors (Lipinski definition) is 3. The first-order valence-electron chi connectivity index (χ1n) is 6.22. The zero-order valence-corrected chi connectivity index (χ0v) is 14.3. The van der Waals surface area contributed by atoms with Crippen molar-refractivity contribution in [3.8, 4) is 0 Å². The first-order chi connectivity index (χ1) is 9.14. The number of hydrogen-bond donors (Lipinski definition) is 1. The van der Waals surface area contributed by atoms with Gasteiger partial charge in [-0.25, -0.2) is 8.42 Å². The number of aliphatic hydroxyl groups is 1. The Bertz CT molecular complexity index is 574. The van der Waals surface area contributed by atoms with Gasteiger partial charge in [0.05, 0.1) is 11.6 Å². The lowest BCUT2D eigenvalue weighted by Crippen LogP contribution is -2.39. The quantitative estimate of drug-likeness (QED) is 0.896. The van der Waals surface area contributed by atoms with E-state index in [0.29, 0.717) is 16.1 Å². The van der Waals surface area contributed by atoms with Crippen LogP contribution in [0.15, 0.2) is 11.0 Å². The van der Waals surface area contributed by atoms with E-state index >= 15 is 0 Å². The Labute approximate surface area is 130 Å². The van der Waals surface area contributed by atoms with Gasteiger partial charge in [0, 0.05) is 17.6 Å². The highest BCUT2D eigenvalue weighted by molar-refractivity contribution is 7.89. The van der Waals surface area contributed by atoms with E-state index < -0.39 is 10.0 Å². The fourth-order valence-electron chi connectivity index (χ4n) is 1.99. The lowest BCUT2D eigenvalue weighted by atomic mass is 10.2. The molecule has 0 heterocycles.